The zero-order chi connectivity index (χ0) is 23.4. The van der Waals surface area contributed by atoms with Crippen molar-refractivity contribution in [2.24, 2.45) is 0 Å². The molecular formula is C25H20F3N5. The van der Waals surface area contributed by atoms with Gasteiger partial charge in [-0.25, -0.2) is 0 Å². The van der Waals surface area contributed by atoms with Gasteiger partial charge in [-0.15, -0.1) is 0 Å². The third kappa shape index (κ3) is 4.75. The number of halogens is 3. The molecule has 0 unspecified atom stereocenters. The van der Waals surface area contributed by atoms with Crippen LogP contribution in [0.1, 0.15) is 29.5 Å². The van der Waals surface area contributed by atoms with Gasteiger partial charge in [-0.1, -0.05) is 0 Å². The number of piperidine rings is 1. The first-order valence-electron chi connectivity index (χ1n) is 10.5. The van der Waals surface area contributed by atoms with Crippen molar-refractivity contribution in [2.75, 3.05) is 22.9 Å². The van der Waals surface area contributed by atoms with E-state index in [4.69, 9.17) is 5.26 Å². The van der Waals surface area contributed by atoms with Gasteiger partial charge in [0.15, 0.2) is 0 Å². The van der Waals surface area contributed by atoms with Gasteiger partial charge in [0.2, 0.25) is 0 Å². The van der Waals surface area contributed by atoms with E-state index in [0.29, 0.717) is 24.3 Å². The van der Waals surface area contributed by atoms with E-state index in [1.807, 2.05) is 35.2 Å². The highest BCUT2D eigenvalue weighted by atomic mass is 19.4. The second kappa shape index (κ2) is 9.22. The Morgan fingerprint density at radius 2 is 1.67 bits per heavy atom. The molecule has 0 aliphatic carbocycles. The number of aromatic nitrogens is 1. The Bertz CT molecular complexity index is 1190. The van der Waals surface area contributed by atoms with Crippen molar-refractivity contribution in [3.63, 3.8) is 0 Å². The monoisotopic (exact) mass is 447 g/mol. The Balaban J connectivity index is 1.57. The molecule has 0 bridgehead atoms. The summed E-state index contributed by atoms with van der Waals surface area (Å²) in [5.74, 6) is 0. The van der Waals surface area contributed by atoms with Crippen LogP contribution < -0.4 is 9.80 Å². The molecule has 0 spiro atoms. The summed E-state index contributed by atoms with van der Waals surface area (Å²) in [7, 11) is 0. The highest BCUT2D eigenvalue weighted by molar-refractivity contribution is 5.65. The lowest BCUT2D eigenvalue weighted by atomic mass is 9.99. The SMILES string of the molecule is N#Cc1ccc(N(c2cccnc2)C2CCN(c3ccc(C(F)(F)F)cc3C#N)CC2)cc1. The molecule has 2 heterocycles. The predicted octanol–water partition coefficient (Wildman–Crippen LogP) is 5.65. The molecule has 8 heteroatoms. The van der Waals surface area contributed by atoms with Crippen molar-refractivity contribution in [2.45, 2.75) is 25.1 Å². The highest BCUT2D eigenvalue weighted by Gasteiger charge is 2.32. The lowest BCUT2D eigenvalue weighted by Gasteiger charge is -2.40. The molecule has 0 N–H and O–H groups in total. The maximum Gasteiger partial charge on any atom is 0.416 e. The Hall–Kier alpha value is -4.04. The Labute approximate surface area is 189 Å². The number of anilines is 3. The van der Waals surface area contributed by atoms with Gasteiger partial charge in [-0.3, -0.25) is 4.98 Å². The summed E-state index contributed by atoms with van der Waals surface area (Å²) in [6, 6.07) is 18.7. The van der Waals surface area contributed by atoms with Gasteiger partial charge in [0.1, 0.15) is 6.07 Å². The van der Waals surface area contributed by atoms with Crippen LogP contribution >= 0.6 is 0 Å². The predicted molar refractivity (Wildman–Crippen MR) is 119 cm³/mol. The quantitative estimate of drug-likeness (QED) is 0.517. The highest BCUT2D eigenvalue weighted by Crippen LogP contribution is 2.36. The van der Waals surface area contributed by atoms with E-state index in [1.54, 1.807) is 24.5 Å². The van der Waals surface area contributed by atoms with Crippen molar-refractivity contribution in [1.82, 2.24) is 4.98 Å². The van der Waals surface area contributed by atoms with E-state index < -0.39 is 11.7 Å². The van der Waals surface area contributed by atoms with E-state index in [1.165, 1.54) is 6.07 Å². The molecule has 33 heavy (non-hydrogen) atoms. The summed E-state index contributed by atoms with van der Waals surface area (Å²) in [5.41, 5.74) is 2.17. The molecule has 166 valence electrons. The zero-order valence-electron chi connectivity index (χ0n) is 17.6. The summed E-state index contributed by atoms with van der Waals surface area (Å²) < 4.78 is 39.1. The molecule has 1 aliphatic heterocycles. The van der Waals surface area contributed by atoms with Gasteiger partial charge in [-0.2, -0.15) is 23.7 Å². The molecule has 1 saturated heterocycles. The molecule has 1 aromatic heterocycles. The number of alkyl halides is 3. The molecule has 3 aromatic rings. The maximum atomic E-state index is 13.0. The van der Waals surface area contributed by atoms with Gasteiger partial charge >= 0.3 is 6.18 Å². The van der Waals surface area contributed by atoms with Crippen molar-refractivity contribution in [1.29, 1.82) is 10.5 Å². The van der Waals surface area contributed by atoms with Crippen LogP contribution in [0.3, 0.4) is 0 Å². The third-order valence-electron chi connectivity index (χ3n) is 5.81. The number of rotatable bonds is 4. The average molecular weight is 447 g/mol. The first-order chi connectivity index (χ1) is 15.9. The topological polar surface area (TPSA) is 67.0 Å². The number of hydrogen-bond acceptors (Lipinski definition) is 5. The van der Waals surface area contributed by atoms with E-state index in [2.05, 4.69) is 16.0 Å². The number of nitrogens with zero attached hydrogens (tertiary/aromatic N) is 5. The normalized spacial score (nSPS) is 14.4. The van der Waals surface area contributed by atoms with Crippen LogP contribution in [0.5, 0.6) is 0 Å². The van der Waals surface area contributed by atoms with E-state index in [9.17, 15) is 18.4 Å². The van der Waals surface area contributed by atoms with E-state index in [-0.39, 0.29) is 11.6 Å². The van der Waals surface area contributed by atoms with Crippen LogP contribution in [0.25, 0.3) is 0 Å². The smallest absolute Gasteiger partial charge is 0.370 e. The molecule has 0 amide bonds. The molecule has 2 aromatic carbocycles. The molecule has 5 nitrogen and oxygen atoms in total. The number of hydrogen-bond donors (Lipinski definition) is 0. The number of nitriles is 2. The summed E-state index contributed by atoms with van der Waals surface area (Å²) in [6.45, 7) is 1.19. The van der Waals surface area contributed by atoms with Crippen molar-refractivity contribution in [3.8, 4) is 12.1 Å². The van der Waals surface area contributed by atoms with Crippen molar-refractivity contribution in [3.05, 3.63) is 83.7 Å². The van der Waals surface area contributed by atoms with Crippen molar-refractivity contribution >= 4 is 17.1 Å². The Morgan fingerprint density at radius 1 is 0.939 bits per heavy atom. The maximum absolute atomic E-state index is 13.0. The van der Waals surface area contributed by atoms with Crippen LogP contribution in [-0.2, 0) is 6.18 Å². The molecule has 0 atom stereocenters. The van der Waals surface area contributed by atoms with Gasteiger partial charge in [-0.05, 0) is 67.4 Å². The zero-order valence-corrected chi connectivity index (χ0v) is 17.6. The summed E-state index contributed by atoms with van der Waals surface area (Å²) in [4.78, 5) is 8.39. The summed E-state index contributed by atoms with van der Waals surface area (Å²) >= 11 is 0. The van der Waals surface area contributed by atoms with Gasteiger partial charge in [0.05, 0.1) is 40.3 Å². The minimum atomic E-state index is -4.48. The van der Waals surface area contributed by atoms with Gasteiger partial charge < -0.3 is 9.80 Å². The Morgan fingerprint density at radius 3 is 2.24 bits per heavy atom. The van der Waals surface area contributed by atoms with Crippen LogP contribution in [-0.4, -0.2) is 24.1 Å². The first kappa shape index (κ1) is 22.2. The molecule has 1 aliphatic rings. The molecule has 0 saturated carbocycles. The lowest BCUT2D eigenvalue weighted by Crippen LogP contribution is -2.43. The van der Waals surface area contributed by atoms with Crippen molar-refractivity contribution < 1.29 is 13.2 Å². The average Bonchev–Trinajstić information content (AvgIpc) is 2.85. The fraction of sp³-hybridized carbons (Fsp3) is 0.240. The van der Waals surface area contributed by atoms with E-state index in [0.717, 1.165) is 36.3 Å². The minimum absolute atomic E-state index is 0.0273. The fourth-order valence-corrected chi connectivity index (χ4v) is 4.21. The first-order valence-corrected chi connectivity index (χ1v) is 10.5. The van der Waals surface area contributed by atoms with Gasteiger partial charge in [0.25, 0.3) is 0 Å². The third-order valence-corrected chi connectivity index (χ3v) is 5.81. The molecule has 1 fully saturated rings. The molecular weight excluding hydrogens is 427 g/mol. The lowest BCUT2D eigenvalue weighted by molar-refractivity contribution is -0.137. The van der Waals surface area contributed by atoms with Gasteiger partial charge in [0, 0.05) is 31.0 Å². The summed E-state index contributed by atoms with van der Waals surface area (Å²) in [5, 5.41) is 18.5. The standard InChI is InChI=1S/C25H20F3N5/c26-25(27,28)20-5-8-24(19(14-20)16-30)32-12-9-22(10-13-32)33(23-2-1-11-31-17-23)21-6-3-18(15-29)4-7-21/h1-8,11,14,17,22H,9-10,12-13H2. The Kier molecular flexibility index (Phi) is 6.19. The number of pyridine rings is 1. The fourth-order valence-electron chi connectivity index (χ4n) is 4.21. The largest absolute Gasteiger partial charge is 0.416 e. The van der Waals surface area contributed by atoms with E-state index >= 15 is 0 Å². The molecule has 4 rings (SSSR count). The molecule has 0 radical (unpaired) electrons. The van der Waals surface area contributed by atoms with Crippen LogP contribution in [0.2, 0.25) is 0 Å². The van der Waals surface area contributed by atoms with Crippen LogP contribution in [0.4, 0.5) is 30.2 Å². The van der Waals surface area contributed by atoms with Crippen LogP contribution in [0, 0.1) is 22.7 Å². The number of benzene rings is 2. The minimum Gasteiger partial charge on any atom is -0.370 e. The van der Waals surface area contributed by atoms with Crippen LogP contribution in [0.15, 0.2) is 67.0 Å². The summed E-state index contributed by atoms with van der Waals surface area (Å²) in [6.07, 6.45) is 0.481. The second-order valence-electron chi connectivity index (χ2n) is 7.80. The second-order valence-corrected chi connectivity index (χ2v) is 7.80.